The molecule has 0 aliphatic carbocycles. The fourth-order valence-corrected chi connectivity index (χ4v) is 1.11. The third-order valence-electron chi connectivity index (χ3n) is 2.49. The van der Waals surface area contributed by atoms with E-state index in [4.69, 9.17) is 0 Å². The molecule has 1 atom stereocenters. The van der Waals surface area contributed by atoms with E-state index in [9.17, 15) is 4.39 Å². The maximum absolute atomic E-state index is 12.8. The summed E-state index contributed by atoms with van der Waals surface area (Å²) in [5, 5.41) is 0.0854. The smallest absolute Gasteiger partial charge is 0.123 e. The van der Waals surface area contributed by atoms with Crippen LogP contribution in [0.2, 0.25) is 0 Å². The van der Waals surface area contributed by atoms with Crippen LogP contribution in [0.5, 0.6) is 0 Å². The topological polar surface area (TPSA) is 0 Å². The van der Waals surface area contributed by atoms with E-state index in [2.05, 4.69) is 21.7 Å². The summed E-state index contributed by atoms with van der Waals surface area (Å²) in [6.45, 7) is 4.24. The highest BCUT2D eigenvalue weighted by molar-refractivity contribution is 6.15. The minimum atomic E-state index is -0.144. The van der Waals surface area contributed by atoms with Crippen LogP contribution in [0.1, 0.15) is 25.8 Å². The molecule has 1 rings (SSSR count). The van der Waals surface area contributed by atoms with Crippen LogP contribution in [0.3, 0.4) is 0 Å². The van der Waals surface area contributed by atoms with Crippen molar-refractivity contribution in [2.75, 3.05) is 0 Å². The van der Waals surface area contributed by atoms with Crippen molar-refractivity contribution in [2.24, 2.45) is 0 Å². The van der Waals surface area contributed by atoms with Crippen molar-refractivity contribution in [3.63, 3.8) is 0 Å². The van der Waals surface area contributed by atoms with Gasteiger partial charge in [-0.05, 0) is 23.0 Å². The van der Waals surface area contributed by atoms with E-state index >= 15 is 0 Å². The maximum atomic E-state index is 12.8. The predicted octanol–water partition coefficient (Wildman–Crippen LogP) is 2.08. The summed E-state index contributed by atoms with van der Waals surface area (Å²) in [7, 11) is 2.13. The van der Waals surface area contributed by atoms with Crippen molar-refractivity contribution in [3.05, 3.63) is 35.6 Å². The highest BCUT2D eigenvalue weighted by Gasteiger charge is 2.17. The van der Waals surface area contributed by atoms with E-state index < -0.39 is 0 Å². The summed E-state index contributed by atoms with van der Waals surface area (Å²) in [6.07, 6.45) is 1.02. The zero-order valence-electron chi connectivity index (χ0n) is 7.89. The summed E-state index contributed by atoms with van der Waals surface area (Å²) in [5.41, 5.74) is 1.07. The second-order valence-electron chi connectivity index (χ2n) is 3.75. The van der Waals surface area contributed by atoms with E-state index in [1.807, 2.05) is 6.07 Å². The zero-order chi connectivity index (χ0) is 9.19. The molecule has 2 heteroatoms. The molecular weight excluding hydrogens is 150 g/mol. The molecule has 0 N–H and O–H groups in total. The highest BCUT2D eigenvalue weighted by Crippen LogP contribution is 2.23. The molecule has 0 radical (unpaired) electrons. The number of rotatable bonds is 2. The van der Waals surface area contributed by atoms with E-state index in [1.54, 1.807) is 12.1 Å². The van der Waals surface area contributed by atoms with E-state index in [0.717, 1.165) is 12.0 Å². The number of benzene rings is 1. The van der Waals surface area contributed by atoms with Crippen molar-refractivity contribution in [3.8, 4) is 0 Å². The molecule has 0 bridgehead atoms. The van der Waals surface area contributed by atoms with Gasteiger partial charge in [0.1, 0.15) is 13.7 Å². The van der Waals surface area contributed by atoms with Crippen LogP contribution in [-0.4, -0.2) is 7.85 Å². The van der Waals surface area contributed by atoms with Crippen LogP contribution in [0.4, 0.5) is 4.39 Å². The molecule has 0 saturated heterocycles. The fraction of sp³-hybridized carbons (Fsp3) is 0.400. The Balaban J connectivity index is 3.03. The number of halogens is 1. The average Bonchev–Trinajstić information content (AvgIpc) is 2.05. The molecular formula is C10H14BF. The molecule has 1 unspecified atom stereocenters. The van der Waals surface area contributed by atoms with Gasteiger partial charge >= 0.3 is 0 Å². The van der Waals surface area contributed by atoms with Gasteiger partial charge in [0.25, 0.3) is 0 Å². The van der Waals surface area contributed by atoms with Crippen LogP contribution in [0.25, 0.3) is 0 Å². The lowest BCUT2D eigenvalue weighted by Gasteiger charge is -2.23. The molecule has 0 aromatic heterocycles. The molecule has 0 amide bonds. The Morgan fingerprint density at radius 3 is 2.67 bits per heavy atom. The van der Waals surface area contributed by atoms with E-state index in [0.29, 0.717) is 0 Å². The SMILES string of the molecule is BC(C)(CC)c1cccc(F)c1. The van der Waals surface area contributed by atoms with Gasteiger partial charge in [0.15, 0.2) is 0 Å². The Morgan fingerprint density at radius 2 is 2.17 bits per heavy atom. The molecule has 12 heavy (non-hydrogen) atoms. The Bertz CT molecular complexity index is 268. The summed E-state index contributed by atoms with van der Waals surface area (Å²) in [6, 6.07) is 6.84. The molecule has 0 nitrogen and oxygen atoms in total. The Labute approximate surface area is 74.2 Å². The lowest BCUT2D eigenvalue weighted by Crippen LogP contribution is -2.20. The molecule has 64 valence electrons. The highest BCUT2D eigenvalue weighted by atomic mass is 19.1. The lowest BCUT2D eigenvalue weighted by atomic mass is 9.64. The minimum absolute atomic E-state index is 0.0854. The molecule has 0 fully saturated rings. The quantitative estimate of drug-likeness (QED) is 0.587. The van der Waals surface area contributed by atoms with Gasteiger partial charge in [-0.3, -0.25) is 0 Å². The van der Waals surface area contributed by atoms with E-state index in [1.165, 1.54) is 6.07 Å². The molecule has 0 heterocycles. The summed E-state index contributed by atoms with van der Waals surface area (Å²) in [4.78, 5) is 0. The Morgan fingerprint density at radius 1 is 1.50 bits per heavy atom. The normalized spacial score (nSPS) is 15.6. The third-order valence-corrected chi connectivity index (χ3v) is 2.49. The van der Waals surface area contributed by atoms with Crippen molar-refractivity contribution in [1.82, 2.24) is 0 Å². The van der Waals surface area contributed by atoms with Gasteiger partial charge < -0.3 is 0 Å². The Hall–Kier alpha value is -0.785. The van der Waals surface area contributed by atoms with Gasteiger partial charge in [-0.1, -0.05) is 32.4 Å². The molecule has 0 spiro atoms. The van der Waals surface area contributed by atoms with Gasteiger partial charge in [-0.2, -0.15) is 0 Å². The lowest BCUT2D eigenvalue weighted by molar-refractivity contribution is 0.605. The van der Waals surface area contributed by atoms with Gasteiger partial charge in [-0.15, -0.1) is 0 Å². The summed E-state index contributed by atoms with van der Waals surface area (Å²) in [5.74, 6) is -0.144. The second-order valence-corrected chi connectivity index (χ2v) is 3.75. The molecule has 0 saturated carbocycles. The van der Waals surface area contributed by atoms with Gasteiger partial charge in [0, 0.05) is 0 Å². The van der Waals surface area contributed by atoms with Crippen LogP contribution in [0.15, 0.2) is 24.3 Å². The van der Waals surface area contributed by atoms with Crippen molar-refractivity contribution in [2.45, 2.75) is 25.6 Å². The molecule has 0 aliphatic rings. The van der Waals surface area contributed by atoms with Gasteiger partial charge in [-0.25, -0.2) is 4.39 Å². The standard InChI is InChI=1S/C10H14BF/c1-3-10(2,11)8-5-4-6-9(12)7-8/h4-7H,3,11H2,1-2H3. The number of hydrogen-bond acceptors (Lipinski definition) is 0. The maximum Gasteiger partial charge on any atom is 0.123 e. The van der Waals surface area contributed by atoms with Crippen LogP contribution < -0.4 is 0 Å². The Kier molecular flexibility index (Phi) is 2.56. The first-order valence-corrected chi connectivity index (χ1v) is 4.32. The molecule has 1 aromatic rings. The van der Waals surface area contributed by atoms with Crippen molar-refractivity contribution >= 4 is 7.85 Å². The van der Waals surface area contributed by atoms with Gasteiger partial charge in [0.2, 0.25) is 0 Å². The average molecular weight is 164 g/mol. The summed E-state index contributed by atoms with van der Waals surface area (Å²) >= 11 is 0. The summed E-state index contributed by atoms with van der Waals surface area (Å²) < 4.78 is 12.8. The predicted molar refractivity (Wildman–Crippen MR) is 52.6 cm³/mol. The van der Waals surface area contributed by atoms with Crippen LogP contribution in [0, 0.1) is 5.82 Å². The van der Waals surface area contributed by atoms with Gasteiger partial charge in [0.05, 0.1) is 0 Å². The van der Waals surface area contributed by atoms with Crippen molar-refractivity contribution < 1.29 is 4.39 Å². The first-order valence-electron chi connectivity index (χ1n) is 4.32. The van der Waals surface area contributed by atoms with Crippen molar-refractivity contribution in [1.29, 1.82) is 0 Å². The largest absolute Gasteiger partial charge is 0.207 e. The zero-order valence-corrected chi connectivity index (χ0v) is 7.89. The minimum Gasteiger partial charge on any atom is -0.207 e. The number of hydrogen-bond donors (Lipinski definition) is 0. The van der Waals surface area contributed by atoms with E-state index in [-0.39, 0.29) is 11.1 Å². The molecule has 0 aliphatic heterocycles. The first kappa shape index (κ1) is 9.30. The van der Waals surface area contributed by atoms with Crippen LogP contribution >= 0.6 is 0 Å². The first-order chi connectivity index (χ1) is 5.56. The van der Waals surface area contributed by atoms with Crippen LogP contribution in [-0.2, 0) is 5.31 Å². The molecule has 1 aromatic carbocycles. The second kappa shape index (κ2) is 3.30. The monoisotopic (exact) mass is 164 g/mol. The fourth-order valence-electron chi connectivity index (χ4n) is 1.11. The third kappa shape index (κ3) is 1.87.